The summed E-state index contributed by atoms with van der Waals surface area (Å²) < 4.78 is 0. The number of halogens is 1. The van der Waals surface area contributed by atoms with Gasteiger partial charge in [0.2, 0.25) is 11.8 Å². The second-order valence-electron chi connectivity index (χ2n) is 7.71. The molecule has 0 aromatic heterocycles. The minimum Gasteiger partial charge on any atom is -0.350 e. The fourth-order valence-corrected chi connectivity index (χ4v) is 3.63. The predicted octanol–water partition coefficient (Wildman–Crippen LogP) is 3.54. The molecule has 1 atom stereocenters. The molecule has 1 unspecified atom stereocenters. The van der Waals surface area contributed by atoms with Gasteiger partial charge in [0.05, 0.1) is 10.6 Å². The van der Waals surface area contributed by atoms with Crippen LogP contribution in [0.4, 0.5) is 5.69 Å². The lowest BCUT2D eigenvalue weighted by Gasteiger charge is -2.22. The van der Waals surface area contributed by atoms with E-state index in [1.807, 2.05) is 38.1 Å². The molecule has 0 spiro atoms. The van der Waals surface area contributed by atoms with E-state index in [1.165, 1.54) is 0 Å². The Balaban J connectivity index is 1.59. The number of nitrogens with one attached hydrogen (secondary N) is 2. The monoisotopic (exact) mass is 427 g/mol. The fourth-order valence-electron chi connectivity index (χ4n) is 3.41. The number of hydrogen-bond acceptors (Lipinski definition) is 3. The number of hydrogen-bond donors (Lipinski definition) is 2. The van der Waals surface area contributed by atoms with Crippen molar-refractivity contribution >= 4 is 35.0 Å². The van der Waals surface area contributed by atoms with Crippen LogP contribution < -0.4 is 15.5 Å². The van der Waals surface area contributed by atoms with Crippen LogP contribution in [0.3, 0.4) is 0 Å². The molecule has 0 aliphatic carbocycles. The number of amides is 3. The SMILES string of the molecule is CC(C)C(NC(=O)c1ccccc1Cl)C(=O)NCc1ccc(N2CCCC2=O)cc1. The quantitative estimate of drug-likeness (QED) is 0.709. The van der Waals surface area contributed by atoms with Crippen LogP contribution >= 0.6 is 11.6 Å². The van der Waals surface area contributed by atoms with E-state index in [4.69, 9.17) is 11.6 Å². The highest BCUT2D eigenvalue weighted by Gasteiger charge is 2.25. The molecule has 30 heavy (non-hydrogen) atoms. The Labute approximate surface area is 181 Å². The average molecular weight is 428 g/mol. The lowest BCUT2D eigenvalue weighted by molar-refractivity contribution is -0.124. The Morgan fingerprint density at radius 1 is 1.10 bits per heavy atom. The molecule has 7 heteroatoms. The Kier molecular flexibility index (Phi) is 7.11. The Morgan fingerprint density at radius 3 is 2.40 bits per heavy atom. The number of anilines is 1. The molecule has 0 radical (unpaired) electrons. The molecule has 2 aromatic carbocycles. The number of rotatable bonds is 7. The maximum atomic E-state index is 12.7. The van der Waals surface area contributed by atoms with Gasteiger partial charge in [-0.2, -0.15) is 0 Å². The van der Waals surface area contributed by atoms with Crippen molar-refractivity contribution in [1.82, 2.24) is 10.6 Å². The minimum absolute atomic E-state index is 0.0972. The predicted molar refractivity (Wildman–Crippen MR) is 117 cm³/mol. The van der Waals surface area contributed by atoms with E-state index in [1.54, 1.807) is 29.2 Å². The van der Waals surface area contributed by atoms with Crippen molar-refractivity contribution in [2.45, 2.75) is 39.3 Å². The van der Waals surface area contributed by atoms with Crippen LogP contribution in [0.1, 0.15) is 42.6 Å². The van der Waals surface area contributed by atoms with Crippen LogP contribution in [0, 0.1) is 5.92 Å². The largest absolute Gasteiger partial charge is 0.350 e. The molecule has 6 nitrogen and oxygen atoms in total. The number of nitrogens with zero attached hydrogens (tertiary/aromatic N) is 1. The van der Waals surface area contributed by atoms with Gasteiger partial charge in [-0.3, -0.25) is 14.4 Å². The van der Waals surface area contributed by atoms with Gasteiger partial charge < -0.3 is 15.5 Å². The van der Waals surface area contributed by atoms with Gasteiger partial charge in [0.15, 0.2) is 0 Å². The Morgan fingerprint density at radius 2 is 1.80 bits per heavy atom. The molecule has 158 valence electrons. The van der Waals surface area contributed by atoms with Gasteiger partial charge >= 0.3 is 0 Å². The summed E-state index contributed by atoms with van der Waals surface area (Å²) in [5, 5.41) is 6.01. The van der Waals surface area contributed by atoms with Gasteiger partial charge in [0.1, 0.15) is 6.04 Å². The third-order valence-corrected chi connectivity index (χ3v) is 5.47. The summed E-state index contributed by atoms with van der Waals surface area (Å²) >= 11 is 6.09. The van der Waals surface area contributed by atoms with Gasteiger partial charge in [-0.25, -0.2) is 0 Å². The van der Waals surface area contributed by atoms with Gasteiger partial charge in [0.25, 0.3) is 5.91 Å². The van der Waals surface area contributed by atoms with Crippen molar-refractivity contribution in [1.29, 1.82) is 0 Å². The van der Waals surface area contributed by atoms with Crippen LogP contribution in [0.25, 0.3) is 0 Å². The first-order chi connectivity index (χ1) is 14.4. The molecule has 2 aromatic rings. The third kappa shape index (κ3) is 5.19. The topological polar surface area (TPSA) is 78.5 Å². The molecule has 3 rings (SSSR count). The molecule has 0 saturated carbocycles. The lowest BCUT2D eigenvalue weighted by Crippen LogP contribution is -2.49. The van der Waals surface area contributed by atoms with E-state index >= 15 is 0 Å². The molecule has 1 heterocycles. The Bertz CT molecular complexity index is 928. The van der Waals surface area contributed by atoms with Crippen LogP contribution in [0.15, 0.2) is 48.5 Å². The highest BCUT2D eigenvalue weighted by molar-refractivity contribution is 6.33. The molecule has 0 bridgehead atoms. The zero-order chi connectivity index (χ0) is 21.7. The molecule has 3 amide bonds. The first-order valence-corrected chi connectivity index (χ1v) is 10.5. The molecular formula is C23H26ClN3O3. The van der Waals surface area contributed by atoms with Crippen LogP contribution in [0.2, 0.25) is 5.02 Å². The molecule has 1 aliphatic rings. The van der Waals surface area contributed by atoms with E-state index in [0.29, 0.717) is 23.6 Å². The van der Waals surface area contributed by atoms with E-state index in [9.17, 15) is 14.4 Å². The van der Waals surface area contributed by atoms with Gasteiger partial charge in [-0.1, -0.05) is 49.7 Å². The van der Waals surface area contributed by atoms with Crippen molar-refractivity contribution < 1.29 is 14.4 Å². The van der Waals surface area contributed by atoms with E-state index in [2.05, 4.69) is 10.6 Å². The van der Waals surface area contributed by atoms with Gasteiger partial charge in [0, 0.05) is 25.2 Å². The van der Waals surface area contributed by atoms with E-state index < -0.39 is 6.04 Å². The summed E-state index contributed by atoms with van der Waals surface area (Å²) in [6, 6.07) is 13.6. The summed E-state index contributed by atoms with van der Waals surface area (Å²) in [5.41, 5.74) is 2.13. The third-order valence-electron chi connectivity index (χ3n) is 5.14. The number of carbonyl (C=O) groups excluding carboxylic acids is 3. The zero-order valence-electron chi connectivity index (χ0n) is 17.2. The summed E-state index contributed by atoms with van der Waals surface area (Å²) in [7, 11) is 0. The first-order valence-electron chi connectivity index (χ1n) is 10.1. The van der Waals surface area contributed by atoms with Crippen molar-refractivity contribution in [3.8, 4) is 0 Å². The number of carbonyl (C=O) groups is 3. The van der Waals surface area contributed by atoms with Crippen molar-refractivity contribution in [3.05, 3.63) is 64.7 Å². The highest BCUT2D eigenvalue weighted by Crippen LogP contribution is 2.21. The van der Waals surface area contributed by atoms with Crippen LogP contribution in [-0.4, -0.2) is 30.3 Å². The maximum Gasteiger partial charge on any atom is 0.253 e. The second kappa shape index (κ2) is 9.76. The summed E-state index contributed by atoms with van der Waals surface area (Å²) in [6.45, 7) is 4.83. The molecule has 2 N–H and O–H groups in total. The normalized spacial score (nSPS) is 14.7. The van der Waals surface area contributed by atoms with E-state index in [-0.39, 0.29) is 23.6 Å². The van der Waals surface area contributed by atoms with Gasteiger partial charge in [-0.05, 0) is 42.2 Å². The summed E-state index contributed by atoms with van der Waals surface area (Å²) in [6.07, 6.45) is 1.47. The van der Waals surface area contributed by atoms with Crippen LogP contribution in [0.5, 0.6) is 0 Å². The minimum atomic E-state index is -0.685. The maximum absolute atomic E-state index is 12.7. The van der Waals surface area contributed by atoms with E-state index in [0.717, 1.165) is 24.2 Å². The zero-order valence-corrected chi connectivity index (χ0v) is 17.9. The number of benzene rings is 2. The second-order valence-corrected chi connectivity index (χ2v) is 8.12. The highest BCUT2D eigenvalue weighted by atomic mass is 35.5. The standard InChI is InChI=1S/C23H26ClN3O3/c1-15(2)21(26-22(29)18-6-3-4-7-19(18)24)23(30)25-14-16-9-11-17(12-10-16)27-13-5-8-20(27)28/h3-4,6-7,9-12,15,21H,5,8,13-14H2,1-2H3,(H,25,30)(H,26,29). The lowest BCUT2D eigenvalue weighted by atomic mass is 10.0. The summed E-state index contributed by atoms with van der Waals surface area (Å²) in [5.74, 6) is -0.594. The van der Waals surface area contributed by atoms with Gasteiger partial charge in [-0.15, -0.1) is 0 Å². The van der Waals surface area contributed by atoms with Crippen molar-refractivity contribution in [3.63, 3.8) is 0 Å². The van der Waals surface area contributed by atoms with Crippen molar-refractivity contribution in [2.24, 2.45) is 5.92 Å². The summed E-state index contributed by atoms with van der Waals surface area (Å²) in [4.78, 5) is 38.9. The smallest absolute Gasteiger partial charge is 0.253 e. The average Bonchev–Trinajstić information content (AvgIpc) is 3.16. The van der Waals surface area contributed by atoms with Crippen LogP contribution in [-0.2, 0) is 16.1 Å². The Hall–Kier alpha value is -2.86. The molecule has 1 aliphatic heterocycles. The first kappa shape index (κ1) is 21.8. The van der Waals surface area contributed by atoms with Crippen molar-refractivity contribution in [2.75, 3.05) is 11.4 Å². The molecule has 1 fully saturated rings. The molecule has 1 saturated heterocycles. The molecular weight excluding hydrogens is 402 g/mol. The fraction of sp³-hybridized carbons (Fsp3) is 0.348.